The largest absolute Gasteiger partial charge is 0.573 e. The van der Waals surface area contributed by atoms with Gasteiger partial charge in [0.25, 0.3) is 5.91 Å². The molecule has 138 valence electrons. The van der Waals surface area contributed by atoms with E-state index in [0.717, 1.165) is 42.5 Å². The highest BCUT2D eigenvalue weighted by molar-refractivity contribution is 5.98. The third-order valence-electron chi connectivity index (χ3n) is 3.47. The molecule has 0 aromatic heterocycles. The van der Waals surface area contributed by atoms with E-state index in [0.29, 0.717) is 0 Å². The lowest BCUT2D eigenvalue weighted by atomic mass is 10.0. The van der Waals surface area contributed by atoms with Gasteiger partial charge in [0.15, 0.2) is 0 Å². The molecule has 1 amide bonds. The van der Waals surface area contributed by atoms with E-state index in [1.807, 2.05) is 0 Å². The van der Waals surface area contributed by atoms with Gasteiger partial charge in [-0.25, -0.2) is 0 Å². The molecule has 0 saturated heterocycles. The zero-order chi connectivity index (χ0) is 19.1. The van der Waals surface area contributed by atoms with Crippen LogP contribution in [0.2, 0.25) is 0 Å². The standard InChI is InChI=1S/C16H9F6NO3/c17-15(18,19)9-3-1-8(2-4-9)13-14(24)23-11-6-5-10(7-12(11)25-13)26-16(20,21)22/h1-7,13H,(H,23,24)/t13-/m1/s1. The second-order valence-electron chi connectivity index (χ2n) is 5.31. The maximum atomic E-state index is 12.6. The molecule has 0 unspecified atom stereocenters. The fourth-order valence-corrected chi connectivity index (χ4v) is 2.35. The van der Waals surface area contributed by atoms with E-state index in [4.69, 9.17) is 4.74 Å². The first-order chi connectivity index (χ1) is 12.0. The van der Waals surface area contributed by atoms with Crippen LogP contribution in [0.5, 0.6) is 11.5 Å². The summed E-state index contributed by atoms with van der Waals surface area (Å²) in [4.78, 5) is 12.1. The number of anilines is 1. The van der Waals surface area contributed by atoms with Crippen molar-refractivity contribution in [2.75, 3.05) is 5.32 Å². The van der Waals surface area contributed by atoms with Gasteiger partial charge in [-0.05, 0) is 24.3 Å². The van der Waals surface area contributed by atoms with Gasteiger partial charge in [-0.15, -0.1) is 13.2 Å². The molecule has 26 heavy (non-hydrogen) atoms. The van der Waals surface area contributed by atoms with Crippen molar-refractivity contribution >= 4 is 11.6 Å². The van der Waals surface area contributed by atoms with Crippen molar-refractivity contribution in [2.24, 2.45) is 0 Å². The SMILES string of the molecule is O=C1Nc2ccc(OC(F)(F)F)cc2O[C@@H]1c1ccc(C(F)(F)F)cc1. The fourth-order valence-electron chi connectivity index (χ4n) is 2.35. The smallest absolute Gasteiger partial charge is 0.473 e. The van der Waals surface area contributed by atoms with E-state index >= 15 is 0 Å². The molecule has 2 aromatic rings. The van der Waals surface area contributed by atoms with Gasteiger partial charge in [0.1, 0.15) is 11.5 Å². The summed E-state index contributed by atoms with van der Waals surface area (Å²) >= 11 is 0. The lowest BCUT2D eigenvalue weighted by Crippen LogP contribution is -2.30. The number of hydrogen-bond donors (Lipinski definition) is 1. The van der Waals surface area contributed by atoms with E-state index in [1.165, 1.54) is 0 Å². The maximum Gasteiger partial charge on any atom is 0.573 e. The molecule has 0 saturated carbocycles. The van der Waals surface area contributed by atoms with Gasteiger partial charge < -0.3 is 14.8 Å². The molecule has 1 N–H and O–H groups in total. The third-order valence-corrected chi connectivity index (χ3v) is 3.47. The minimum atomic E-state index is -4.90. The molecular weight excluding hydrogens is 368 g/mol. The van der Waals surface area contributed by atoms with Crippen LogP contribution in [0.4, 0.5) is 32.0 Å². The Morgan fingerprint density at radius 3 is 2.19 bits per heavy atom. The number of benzene rings is 2. The van der Waals surface area contributed by atoms with Crippen LogP contribution in [0, 0.1) is 0 Å². The van der Waals surface area contributed by atoms with Gasteiger partial charge in [-0.2, -0.15) is 13.2 Å². The van der Waals surface area contributed by atoms with Gasteiger partial charge >= 0.3 is 12.5 Å². The molecule has 0 spiro atoms. The van der Waals surface area contributed by atoms with Gasteiger partial charge in [0.05, 0.1) is 11.3 Å². The number of carbonyl (C=O) groups excluding carboxylic acids is 1. The number of fused-ring (bicyclic) bond motifs is 1. The highest BCUT2D eigenvalue weighted by Crippen LogP contribution is 2.39. The van der Waals surface area contributed by atoms with Crippen molar-refractivity contribution in [2.45, 2.75) is 18.6 Å². The van der Waals surface area contributed by atoms with E-state index in [1.54, 1.807) is 0 Å². The summed E-state index contributed by atoms with van der Waals surface area (Å²) in [6.07, 6.45) is -10.8. The molecule has 1 heterocycles. The van der Waals surface area contributed by atoms with E-state index in [9.17, 15) is 31.1 Å². The molecule has 0 aliphatic carbocycles. The average Bonchev–Trinajstić information content (AvgIpc) is 2.52. The lowest BCUT2D eigenvalue weighted by molar-refractivity contribution is -0.274. The molecule has 3 rings (SSSR count). The van der Waals surface area contributed by atoms with Crippen molar-refractivity contribution in [1.29, 1.82) is 0 Å². The third kappa shape index (κ3) is 3.84. The Kier molecular flexibility index (Phi) is 4.21. The normalized spacial score (nSPS) is 17.2. The van der Waals surface area contributed by atoms with Crippen molar-refractivity contribution in [3.05, 3.63) is 53.6 Å². The van der Waals surface area contributed by atoms with Crippen LogP contribution in [0.3, 0.4) is 0 Å². The molecule has 10 heteroatoms. The van der Waals surface area contributed by atoms with Gasteiger partial charge in [0, 0.05) is 11.6 Å². The van der Waals surface area contributed by atoms with Crippen LogP contribution in [0.25, 0.3) is 0 Å². The monoisotopic (exact) mass is 377 g/mol. The molecular formula is C16H9F6NO3. The predicted molar refractivity (Wildman–Crippen MR) is 76.6 cm³/mol. The molecule has 0 fully saturated rings. The molecule has 1 atom stereocenters. The number of nitrogens with one attached hydrogen (secondary N) is 1. The minimum absolute atomic E-state index is 0.101. The number of halogens is 6. The van der Waals surface area contributed by atoms with E-state index in [2.05, 4.69) is 10.1 Å². The highest BCUT2D eigenvalue weighted by atomic mass is 19.4. The van der Waals surface area contributed by atoms with Crippen LogP contribution in [-0.2, 0) is 11.0 Å². The Bertz CT molecular complexity index is 829. The number of amides is 1. The Balaban J connectivity index is 1.86. The van der Waals surface area contributed by atoms with Crippen LogP contribution in [0.1, 0.15) is 17.2 Å². The Hall–Kier alpha value is -2.91. The summed E-state index contributed by atoms with van der Waals surface area (Å²) in [5.74, 6) is -1.32. The van der Waals surface area contributed by atoms with E-state index in [-0.39, 0.29) is 17.0 Å². The summed E-state index contributed by atoms with van der Waals surface area (Å²) < 4.78 is 83.8. The predicted octanol–water partition coefficient (Wildman–Crippen LogP) is 4.68. The van der Waals surface area contributed by atoms with Crippen molar-refractivity contribution < 1.29 is 40.6 Å². The summed E-state index contributed by atoms with van der Waals surface area (Å²) in [5, 5.41) is 2.42. The summed E-state index contributed by atoms with van der Waals surface area (Å²) in [5.41, 5.74) is -0.672. The summed E-state index contributed by atoms with van der Waals surface area (Å²) in [7, 11) is 0. The van der Waals surface area contributed by atoms with Gasteiger partial charge in [-0.1, -0.05) is 12.1 Å². The van der Waals surface area contributed by atoms with Crippen LogP contribution >= 0.6 is 0 Å². The zero-order valence-corrected chi connectivity index (χ0v) is 12.6. The first-order valence-corrected chi connectivity index (χ1v) is 7.07. The highest BCUT2D eigenvalue weighted by Gasteiger charge is 2.34. The first-order valence-electron chi connectivity index (χ1n) is 7.07. The summed E-state index contributed by atoms with van der Waals surface area (Å²) in [6.45, 7) is 0. The molecule has 4 nitrogen and oxygen atoms in total. The van der Waals surface area contributed by atoms with Crippen LogP contribution in [0.15, 0.2) is 42.5 Å². The van der Waals surface area contributed by atoms with Crippen molar-refractivity contribution in [3.63, 3.8) is 0 Å². The number of carbonyl (C=O) groups is 1. The fraction of sp³-hybridized carbons (Fsp3) is 0.188. The number of hydrogen-bond acceptors (Lipinski definition) is 3. The Morgan fingerprint density at radius 1 is 0.962 bits per heavy atom. The first kappa shape index (κ1) is 17.9. The minimum Gasteiger partial charge on any atom is -0.473 e. The average molecular weight is 377 g/mol. The number of rotatable bonds is 2. The number of ether oxygens (including phenoxy) is 2. The second-order valence-corrected chi connectivity index (χ2v) is 5.31. The summed E-state index contributed by atoms with van der Waals surface area (Å²) in [6, 6.07) is 6.78. The molecule has 0 bridgehead atoms. The molecule has 0 radical (unpaired) electrons. The molecule has 1 aliphatic rings. The van der Waals surface area contributed by atoms with Gasteiger partial charge in [-0.3, -0.25) is 4.79 Å². The number of alkyl halides is 6. The maximum absolute atomic E-state index is 12.6. The van der Waals surface area contributed by atoms with Crippen LogP contribution < -0.4 is 14.8 Å². The topological polar surface area (TPSA) is 47.6 Å². The van der Waals surface area contributed by atoms with Gasteiger partial charge in [0.2, 0.25) is 6.10 Å². The molecule has 2 aromatic carbocycles. The zero-order valence-electron chi connectivity index (χ0n) is 12.6. The Morgan fingerprint density at radius 2 is 1.62 bits per heavy atom. The Labute approximate surface area is 142 Å². The van der Waals surface area contributed by atoms with Crippen LogP contribution in [-0.4, -0.2) is 12.3 Å². The lowest BCUT2D eigenvalue weighted by Gasteiger charge is -2.26. The molecule has 1 aliphatic heterocycles. The quantitative estimate of drug-likeness (QED) is 0.774. The second kappa shape index (κ2) is 6.11. The van der Waals surface area contributed by atoms with Crippen molar-refractivity contribution in [3.8, 4) is 11.5 Å². The van der Waals surface area contributed by atoms with E-state index < -0.39 is 35.9 Å². The van der Waals surface area contributed by atoms with Crippen molar-refractivity contribution in [1.82, 2.24) is 0 Å².